The van der Waals surface area contributed by atoms with Gasteiger partial charge in [-0.05, 0) is 55.5 Å². The number of thiophene rings is 1. The molecule has 0 saturated carbocycles. The van der Waals surface area contributed by atoms with E-state index < -0.39 is 5.97 Å². The quantitative estimate of drug-likeness (QED) is 0.432. The van der Waals surface area contributed by atoms with Gasteiger partial charge in [0.2, 0.25) is 5.91 Å². The van der Waals surface area contributed by atoms with Crippen molar-refractivity contribution in [2.45, 2.75) is 32.2 Å². The van der Waals surface area contributed by atoms with Crippen LogP contribution in [0.2, 0.25) is 0 Å². The molecular weight excluding hydrogens is 442 g/mol. The van der Waals surface area contributed by atoms with E-state index in [0.29, 0.717) is 27.6 Å². The standard InChI is InChI=1S/C24H25N3O5S/c1-31-24(30)21-17-9-3-5-11-19(17)33-23(21)27-20(28)14-25-18-10-4-2-8-16(18)22(29)26-13-15-7-6-12-32-15/h2,4,6-8,10,12,25H,3,5,9,11,13-14H2,1H3,(H,26,29)(H,27,28). The lowest BCUT2D eigenvalue weighted by Crippen LogP contribution is -2.26. The molecule has 33 heavy (non-hydrogen) atoms. The first kappa shape index (κ1) is 22.6. The summed E-state index contributed by atoms with van der Waals surface area (Å²) < 4.78 is 10.2. The van der Waals surface area contributed by atoms with Crippen LogP contribution in [0.4, 0.5) is 10.7 Å². The number of carbonyl (C=O) groups is 3. The fraction of sp³-hybridized carbons (Fsp3) is 0.292. The fourth-order valence-corrected chi connectivity index (χ4v) is 5.12. The number of para-hydroxylation sites is 1. The van der Waals surface area contributed by atoms with Crippen molar-refractivity contribution in [3.8, 4) is 0 Å². The van der Waals surface area contributed by atoms with Gasteiger partial charge in [0.25, 0.3) is 5.91 Å². The highest BCUT2D eigenvalue weighted by Crippen LogP contribution is 2.38. The summed E-state index contributed by atoms with van der Waals surface area (Å²) in [5.41, 5.74) is 2.39. The molecule has 3 aromatic rings. The Balaban J connectivity index is 1.41. The van der Waals surface area contributed by atoms with Gasteiger partial charge in [0, 0.05) is 10.6 Å². The minimum atomic E-state index is -0.434. The molecule has 0 bridgehead atoms. The number of amides is 2. The minimum absolute atomic E-state index is 0.0638. The van der Waals surface area contributed by atoms with E-state index in [4.69, 9.17) is 9.15 Å². The van der Waals surface area contributed by atoms with Gasteiger partial charge < -0.3 is 25.1 Å². The molecule has 1 aromatic carbocycles. The number of hydrogen-bond donors (Lipinski definition) is 3. The summed E-state index contributed by atoms with van der Waals surface area (Å²) in [6.45, 7) is 0.200. The van der Waals surface area contributed by atoms with Crippen molar-refractivity contribution in [1.29, 1.82) is 0 Å². The zero-order valence-corrected chi connectivity index (χ0v) is 19.1. The van der Waals surface area contributed by atoms with Crippen molar-refractivity contribution in [3.63, 3.8) is 0 Å². The normalized spacial score (nSPS) is 12.5. The number of methoxy groups -OCH3 is 1. The van der Waals surface area contributed by atoms with Crippen LogP contribution >= 0.6 is 11.3 Å². The third-order valence-electron chi connectivity index (χ3n) is 5.43. The maximum Gasteiger partial charge on any atom is 0.341 e. The van der Waals surface area contributed by atoms with Crippen LogP contribution in [0.1, 0.15) is 49.8 Å². The van der Waals surface area contributed by atoms with Gasteiger partial charge >= 0.3 is 5.97 Å². The Morgan fingerprint density at radius 1 is 1.09 bits per heavy atom. The number of carbonyl (C=O) groups excluding carboxylic acids is 3. The van der Waals surface area contributed by atoms with E-state index in [1.807, 2.05) is 0 Å². The Kier molecular flexibility index (Phi) is 7.09. The van der Waals surface area contributed by atoms with Gasteiger partial charge in [0.15, 0.2) is 0 Å². The Morgan fingerprint density at radius 2 is 1.91 bits per heavy atom. The number of furan rings is 1. The van der Waals surface area contributed by atoms with Crippen molar-refractivity contribution in [2.75, 3.05) is 24.3 Å². The van der Waals surface area contributed by atoms with Crippen LogP contribution in [0.15, 0.2) is 47.1 Å². The molecule has 2 aromatic heterocycles. The van der Waals surface area contributed by atoms with Crippen LogP contribution < -0.4 is 16.0 Å². The summed E-state index contributed by atoms with van der Waals surface area (Å²) in [6.07, 6.45) is 5.35. The van der Waals surface area contributed by atoms with Gasteiger partial charge in [0.05, 0.1) is 37.6 Å². The molecule has 0 saturated heterocycles. The SMILES string of the molecule is COC(=O)c1c(NC(=O)CNc2ccccc2C(=O)NCc2ccco2)sc2c1CCCC2. The largest absolute Gasteiger partial charge is 0.467 e. The molecule has 0 radical (unpaired) electrons. The molecule has 2 heterocycles. The van der Waals surface area contributed by atoms with E-state index in [1.165, 1.54) is 18.4 Å². The Labute approximate surface area is 195 Å². The third-order valence-corrected chi connectivity index (χ3v) is 6.64. The zero-order chi connectivity index (χ0) is 23.2. The van der Waals surface area contributed by atoms with E-state index in [1.54, 1.807) is 42.7 Å². The second-order valence-electron chi connectivity index (χ2n) is 7.62. The lowest BCUT2D eigenvalue weighted by molar-refractivity contribution is -0.114. The van der Waals surface area contributed by atoms with Crippen molar-refractivity contribution < 1.29 is 23.5 Å². The maximum absolute atomic E-state index is 12.7. The highest BCUT2D eigenvalue weighted by atomic mass is 32.1. The molecule has 4 rings (SSSR count). The predicted molar refractivity (Wildman–Crippen MR) is 126 cm³/mol. The molecule has 9 heteroatoms. The minimum Gasteiger partial charge on any atom is -0.467 e. The first-order valence-corrected chi connectivity index (χ1v) is 11.5. The molecule has 1 aliphatic carbocycles. The van der Waals surface area contributed by atoms with E-state index in [2.05, 4.69) is 16.0 Å². The van der Waals surface area contributed by atoms with Crippen molar-refractivity contribution in [2.24, 2.45) is 0 Å². The molecule has 2 amide bonds. The Hall–Kier alpha value is -3.59. The zero-order valence-electron chi connectivity index (χ0n) is 18.2. The van der Waals surface area contributed by atoms with Crippen LogP contribution in [0.25, 0.3) is 0 Å². The molecule has 1 aliphatic rings. The van der Waals surface area contributed by atoms with E-state index in [9.17, 15) is 14.4 Å². The van der Waals surface area contributed by atoms with E-state index in [0.717, 1.165) is 36.1 Å². The van der Waals surface area contributed by atoms with Gasteiger partial charge in [-0.25, -0.2) is 4.79 Å². The number of benzene rings is 1. The van der Waals surface area contributed by atoms with Crippen molar-refractivity contribution in [3.05, 3.63) is 70.0 Å². The monoisotopic (exact) mass is 467 g/mol. The number of rotatable bonds is 8. The summed E-state index contributed by atoms with van der Waals surface area (Å²) in [7, 11) is 1.34. The Bertz CT molecular complexity index is 1150. The number of nitrogens with one attached hydrogen (secondary N) is 3. The molecule has 3 N–H and O–H groups in total. The van der Waals surface area contributed by atoms with Crippen LogP contribution in [-0.2, 0) is 28.9 Å². The van der Waals surface area contributed by atoms with Crippen molar-refractivity contribution >= 4 is 39.8 Å². The average molecular weight is 468 g/mol. The molecular formula is C24H25N3O5S. The van der Waals surface area contributed by atoms with Gasteiger partial charge in [0.1, 0.15) is 10.8 Å². The summed E-state index contributed by atoms with van der Waals surface area (Å²) in [5.74, 6) is -0.386. The van der Waals surface area contributed by atoms with Crippen LogP contribution in [0.3, 0.4) is 0 Å². The number of esters is 1. The summed E-state index contributed by atoms with van der Waals surface area (Å²) in [6, 6.07) is 10.5. The first-order valence-electron chi connectivity index (χ1n) is 10.7. The number of anilines is 2. The first-order chi connectivity index (χ1) is 16.1. The summed E-state index contributed by atoms with van der Waals surface area (Å²) in [5, 5.41) is 9.19. The lowest BCUT2D eigenvalue weighted by atomic mass is 9.95. The third kappa shape index (κ3) is 5.25. The summed E-state index contributed by atoms with van der Waals surface area (Å²) >= 11 is 1.44. The van der Waals surface area contributed by atoms with Gasteiger partial charge in [-0.2, -0.15) is 0 Å². The van der Waals surface area contributed by atoms with E-state index >= 15 is 0 Å². The molecule has 0 unspecified atom stereocenters. The second kappa shape index (κ2) is 10.4. The predicted octanol–water partition coefficient (Wildman–Crippen LogP) is 3.99. The number of hydrogen-bond acceptors (Lipinski definition) is 7. The highest BCUT2D eigenvalue weighted by Gasteiger charge is 2.27. The average Bonchev–Trinajstić information content (AvgIpc) is 3.48. The second-order valence-corrected chi connectivity index (χ2v) is 8.72. The molecule has 0 atom stereocenters. The number of ether oxygens (including phenoxy) is 1. The Morgan fingerprint density at radius 3 is 2.70 bits per heavy atom. The van der Waals surface area contributed by atoms with Crippen molar-refractivity contribution in [1.82, 2.24) is 5.32 Å². The molecule has 0 aliphatic heterocycles. The lowest BCUT2D eigenvalue weighted by Gasteiger charge is -2.13. The van der Waals surface area contributed by atoms with Gasteiger partial charge in [-0.1, -0.05) is 12.1 Å². The van der Waals surface area contributed by atoms with Crippen LogP contribution in [0.5, 0.6) is 0 Å². The molecule has 172 valence electrons. The molecule has 0 fully saturated rings. The number of fused-ring (bicyclic) bond motifs is 1. The van der Waals surface area contributed by atoms with Crippen LogP contribution in [0, 0.1) is 0 Å². The molecule has 0 spiro atoms. The fourth-order valence-electron chi connectivity index (χ4n) is 3.83. The maximum atomic E-state index is 12.7. The topological polar surface area (TPSA) is 110 Å². The number of aryl methyl sites for hydroxylation is 1. The molecule has 8 nitrogen and oxygen atoms in total. The van der Waals surface area contributed by atoms with Gasteiger partial charge in [-0.15, -0.1) is 11.3 Å². The highest BCUT2D eigenvalue weighted by molar-refractivity contribution is 7.17. The van der Waals surface area contributed by atoms with Crippen LogP contribution in [-0.4, -0.2) is 31.4 Å². The summed E-state index contributed by atoms with van der Waals surface area (Å²) in [4.78, 5) is 38.8. The van der Waals surface area contributed by atoms with E-state index in [-0.39, 0.29) is 24.9 Å². The van der Waals surface area contributed by atoms with Gasteiger partial charge in [-0.3, -0.25) is 9.59 Å². The smallest absolute Gasteiger partial charge is 0.341 e.